The van der Waals surface area contributed by atoms with Gasteiger partial charge in [0.2, 0.25) is 0 Å². The summed E-state index contributed by atoms with van der Waals surface area (Å²) in [6, 6.07) is 6.22. The Morgan fingerprint density at radius 2 is 2.27 bits per heavy atom. The Hall–Kier alpha value is -1.31. The number of aliphatic carboxylic acids is 1. The number of hydrogen-bond acceptors (Lipinski definition) is 1. The summed E-state index contributed by atoms with van der Waals surface area (Å²) in [4.78, 5) is 10.8. The average Bonchev–Trinajstić information content (AvgIpc) is 2.44. The van der Waals surface area contributed by atoms with Crippen LogP contribution in [0.3, 0.4) is 0 Å². The molecular formula is C13H16O2. The van der Waals surface area contributed by atoms with Crippen molar-refractivity contribution in [1.82, 2.24) is 0 Å². The fraction of sp³-hybridized carbons (Fsp3) is 0.462. The van der Waals surface area contributed by atoms with Gasteiger partial charge >= 0.3 is 5.97 Å². The molecule has 2 nitrogen and oxygen atoms in total. The van der Waals surface area contributed by atoms with Crippen LogP contribution in [0.4, 0.5) is 0 Å². The summed E-state index contributed by atoms with van der Waals surface area (Å²) in [5.41, 5.74) is 3.93. The highest BCUT2D eigenvalue weighted by Crippen LogP contribution is 2.44. The first-order valence-corrected chi connectivity index (χ1v) is 5.40. The third-order valence-electron chi connectivity index (χ3n) is 3.35. The molecule has 0 bridgehead atoms. The molecule has 0 radical (unpaired) electrons. The fourth-order valence-electron chi connectivity index (χ4n) is 2.81. The van der Waals surface area contributed by atoms with Crippen molar-refractivity contribution in [3.05, 3.63) is 34.9 Å². The number of fused-ring (bicyclic) bond motifs is 1. The van der Waals surface area contributed by atoms with Gasteiger partial charge < -0.3 is 5.11 Å². The Balaban J connectivity index is 2.38. The molecule has 0 aliphatic heterocycles. The molecule has 2 atom stereocenters. The van der Waals surface area contributed by atoms with E-state index in [1.807, 2.05) is 6.07 Å². The Bertz CT molecular complexity index is 396. The van der Waals surface area contributed by atoms with Crippen molar-refractivity contribution in [2.75, 3.05) is 0 Å². The predicted octanol–water partition coefficient (Wildman–Crippen LogP) is 3.06. The van der Waals surface area contributed by atoms with Gasteiger partial charge in [-0.2, -0.15) is 0 Å². The van der Waals surface area contributed by atoms with Gasteiger partial charge in [-0.05, 0) is 41.9 Å². The van der Waals surface area contributed by atoms with Gasteiger partial charge in [0, 0.05) is 0 Å². The number of carboxylic acid groups (broad SMARTS) is 1. The van der Waals surface area contributed by atoms with Crippen LogP contribution in [0.15, 0.2) is 18.2 Å². The van der Waals surface area contributed by atoms with E-state index in [-0.39, 0.29) is 12.3 Å². The highest BCUT2D eigenvalue weighted by atomic mass is 16.4. The number of carboxylic acids is 1. The molecule has 0 spiro atoms. The lowest BCUT2D eigenvalue weighted by Crippen LogP contribution is -2.03. The van der Waals surface area contributed by atoms with Crippen molar-refractivity contribution in [2.45, 2.75) is 38.5 Å². The third-order valence-corrected chi connectivity index (χ3v) is 3.35. The number of aryl methyl sites for hydroxylation is 1. The molecule has 0 heterocycles. The molecule has 80 valence electrons. The molecule has 1 aromatic rings. The van der Waals surface area contributed by atoms with E-state index in [2.05, 4.69) is 26.0 Å². The van der Waals surface area contributed by atoms with Gasteiger partial charge in [0.1, 0.15) is 0 Å². The van der Waals surface area contributed by atoms with E-state index in [4.69, 9.17) is 5.11 Å². The maximum Gasteiger partial charge on any atom is 0.303 e. The highest BCUT2D eigenvalue weighted by Gasteiger charge is 2.30. The molecule has 0 aromatic heterocycles. The smallest absolute Gasteiger partial charge is 0.303 e. The van der Waals surface area contributed by atoms with E-state index < -0.39 is 5.97 Å². The van der Waals surface area contributed by atoms with E-state index in [1.165, 1.54) is 16.7 Å². The van der Waals surface area contributed by atoms with Crippen molar-refractivity contribution in [3.63, 3.8) is 0 Å². The maximum absolute atomic E-state index is 10.8. The van der Waals surface area contributed by atoms with E-state index >= 15 is 0 Å². The second-order valence-electron chi connectivity index (χ2n) is 4.51. The first kappa shape index (κ1) is 10.2. The third kappa shape index (κ3) is 1.76. The first-order valence-electron chi connectivity index (χ1n) is 5.40. The summed E-state index contributed by atoms with van der Waals surface area (Å²) in [6.45, 7) is 4.30. The molecule has 2 heteroatoms. The summed E-state index contributed by atoms with van der Waals surface area (Å²) in [6.07, 6.45) is 1.24. The van der Waals surface area contributed by atoms with Crippen LogP contribution in [0.5, 0.6) is 0 Å². The zero-order valence-corrected chi connectivity index (χ0v) is 9.16. The minimum atomic E-state index is -0.693. The molecule has 1 aromatic carbocycles. The normalized spacial score (nSPS) is 23.9. The first-order chi connectivity index (χ1) is 7.09. The van der Waals surface area contributed by atoms with E-state index in [0.717, 1.165) is 6.42 Å². The average molecular weight is 204 g/mol. The van der Waals surface area contributed by atoms with Crippen LogP contribution in [0, 0.1) is 6.92 Å². The van der Waals surface area contributed by atoms with Gasteiger partial charge in [0.15, 0.2) is 0 Å². The molecule has 0 saturated carbocycles. The summed E-state index contributed by atoms with van der Waals surface area (Å²) < 4.78 is 0. The van der Waals surface area contributed by atoms with Crippen LogP contribution in [-0.4, -0.2) is 11.1 Å². The fourth-order valence-corrected chi connectivity index (χ4v) is 2.81. The minimum absolute atomic E-state index is 0.215. The Morgan fingerprint density at radius 1 is 1.53 bits per heavy atom. The molecule has 0 unspecified atom stereocenters. The lowest BCUT2D eigenvalue weighted by atomic mass is 9.96. The van der Waals surface area contributed by atoms with Gasteiger partial charge in [0.25, 0.3) is 0 Å². The Morgan fingerprint density at radius 3 is 2.93 bits per heavy atom. The summed E-state index contributed by atoms with van der Waals surface area (Å²) in [7, 11) is 0. The van der Waals surface area contributed by atoms with Gasteiger partial charge in [-0.3, -0.25) is 4.79 Å². The predicted molar refractivity (Wildman–Crippen MR) is 59.2 cm³/mol. The van der Waals surface area contributed by atoms with Crippen molar-refractivity contribution >= 4 is 5.97 Å². The zero-order valence-electron chi connectivity index (χ0n) is 9.16. The van der Waals surface area contributed by atoms with Crippen LogP contribution in [0.2, 0.25) is 0 Å². The van der Waals surface area contributed by atoms with Crippen molar-refractivity contribution < 1.29 is 9.90 Å². The topological polar surface area (TPSA) is 37.3 Å². The summed E-state index contributed by atoms with van der Waals surface area (Å²) in [5.74, 6) is 0.0273. The van der Waals surface area contributed by atoms with Crippen molar-refractivity contribution in [2.24, 2.45) is 0 Å². The molecule has 1 N–H and O–H groups in total. The lowest BCUT2D eigenvalue weighted by molar-refractivity contribution is -0.137. The monoisotopic (exact) mass is 204 g/mol. The molecule has 0 amide bonds. The van der Waals surface area contributed by atoms with Crippen molar-refractivity contribution in [3.8, 4) is 0 Å². The molecular weight excluding hydrogens is 188 g/mol. The summed E-state index contributed by atoms with van der Waals surface area (Å²) >= 11 is 0. The SMILES string of the molecule is Cc1cccc2c1[C@H](C)C[C@@H]2CC(=O)O. The Kier molecular flexibility index (Phi) is 2.51. The van der Waals surface area contributed by atoms with Gasteiger partial charge in [-0.1, -0.05) is 25.1 Å². The number of carbonyl (C=O) groups is 1. The molecule has 2 rings (SSSR count). The Labute approximate surface area is 89.9 Å². The molecule has 1 aliphatic rings. The minimum Gasteiger partial charge on any atom is -0.481 e. The zero-order chi connectivity index (χ0) is 11.0. The number of benzene rings is 1. The van der Waals surface area contributed by atoms with Gasteiger partial charge in [-0.15, -0.1) is 0 Å². The molecule has 1 aliphatic carbocycles. The quantitative estimate of drug-likeness (QED) is 0.803. The van der Waals surface area contributed by atoms with Crippen LogP contribution in [0.25, 0.3) is 0 Å². The second kappa shape index (κ2) is 3.69. The van der Waals surface area contributed by atoms with Crippen LogP contribution in [0.1, 0.15) is 48.3 Å². The molecule has 15 heavy (non-hydrogen) atoms. The van der Waals surface area contributed by atoms with Crippen LogP contribution < -0.4 is 0 Å². The molecule has 0 saturated heterocycles. The second-order valence-corrected chi connectivity index (χ2v) is 4.51. The number of hydrogen-bond donors (Lipinski definition) is 1. The largest absolute Gasteiger partial charge is 0.481 e. The van der Waals surface area contributed by atoms with E-state index in [1.54, 1.807) is 0 Å². The van der Waals surface area contributed by atoms with Crippen LogP contribution in [-0.2, 0) is 4.79 Å². The summed E-state index contributed by atoms with van der Waals surface area (Å²) in [5, 5.41) is 8.86. The van der Waals surface area contributed by atoms with E-state index in [9.17, 15) is 4.79 Å². The lowest BCUT2D eigenvalue weighted by Gasteiger charge is -2.09. The molecule has 0 fully saturated rings. The highest BCUT2D eigenvalue weighted by molar-refractivity contribution is 5.68. The standard InChI is InChI=1S/C13H16O2/c1-8-4-3-5-11-10(7-12(14)15)6-9(2)13(8)11/h3-5,9-10H,6-7H2,1-2H3,(H,14,15)/t9-,10-/m1/s1. The van der Waals surface area contributed by atoms with E-state index in [0.29, 0.717) is 5.92 Å². The van der Waals surface area contributed by atoms with Gasteiger partial charge in [-0.25, -0.2) is 0 Å². The number of rotatable bonds is 2. The van der Waals surface area contributed by atoms with Crippen LogP contribution >= 0.6 is 0 Å². The van der Waals surface area contributed by atoms with Crippen molar-refractivity contribution in [1.29, 1.82) is 0 Å². The van der Waals surface area contributed by atoms with Gasteiger partial charge in [0.05, 0.1) is 6.42 Å². The maximum atomic E-state index is 10.8.